The second-order valence-electron chi connectivity index (χ2n) is 3.69. The molecule has 74 valence electrons. The molecule has 0 radical (unpaired) electrons. The predicted molar refractivity (Wildman–Crippen MR) is 56.5 cm³/mol. The van der Waals surface area contributed by atoms with Crippen molar-refractivity contribution in [3.05, 3.63) is 24.0 Å². The van der Waals surface area contributed by atoms with E-state index in [9.17, 15) is 0 Å². The SMILES string of the molecule is Cc1cnn2c(NC(C)C)ccnc12. The van der Waals surface area contributed by atoms with Crippen LogP contribution in [0.1, 0.15) is 19.4 Å². The lowest BCUT2D eigenvalue weighted by atomic mass is 10.4. The number of aryl methyl sites for hydroxylation is 1. The van der Waals surface area contributed by atoms with Gasteiger partial charge >= 0.3 is 0 Å². The Morgan fingerprint density at radius 1 is 1.43 bits per heavy atom. The van der Waals surface area contributed by atoms with E-state index in [1.807, 2.05) is 23.7 Å². The number of anilines is 1. The van der Waals surface area contributed by atoms with Crippen molar-refractivity contribution in [3.63, 3.8) is 0 Å². The zero-order chi connectivity index (χ0) is 10.1. The van der Waals surface area contributed by atoms with Gasteiger partial charge in [-0.15, -0.1) is 0 Å². The minimum atomic E-state index is 0.394. The first-order valence-electron chi connectivity index (χ1n) is 4.74. The molecular formula is C10H14N4. The Hall–Kier alpha value is -1.58. The van der Waals surface area contributed by atoms with Gasteiger partial charge in [-0.3, -0.25) is 0 Å². The topological polar surface area (TPSA) is 42.2 Å². The van der Waals surface area contributed by atoms with Gasteiger partial charge in [-0.25, -0.2) is 4.98 Å². The molecule has 2 heterocycles. The van der Waals surface area contributed by atoms with Crippen molar-refractivity contribution in [2.24, 2.45) is 0 Å². The van der Waals surface area contributed by atoms with Gasteiger partial charge in [-0.2, -0.15) is 9.61 Å². The maximum absolute atomic E-state index is 4.27. The Labute approximate surface area is 83.0 Å². The molecular weight excluding hydrogens is 176 g/mol. The van der Waals surface area contributed by atoms with E-state index in [1.165, 1.54) is 0 Å². The molecule has 2 rings (SSSR count). The summed E-state index contributed by atoms with van der Waals surface area (Å²) in [6, 6.07) is 2.32. The van der Waals surface area contributed by atoms with Gasteiger partial charge in [-0.1, -0.05) is 0 Å². The van der Waals surface area contributed by atoms with E-state index < -0.39 is 0 Å². The third-order valence-corrected chi connectivity index (χ3v) is 2.01. The van der Waals surface area contributed by atoms with E-state index in [0.717, 1.165) is 17.0 Å². The molecule has 2 aromatic rings. The second-order valence-corrected chi connectivity index (χ2v) is 3.69. The second kappa shape index (κ2) is 3.29. The molecule has 0 aromatic carbocycles. The predicted octanol–water partition coefficient (Wildman–Crippen LogP) is 1.86. The Morgan fingerprint density at radius 3 is 2.93 bits per heavy atom. The lowest BCUT2D eigenvalue weighted by Gasteiger charge is -2.10. The number of nitrogens with one attached hydrogen (secondary N) is 1. The first-order chi connectivity index (χ1) is 6.68. The van der Waals surface area contributed by atoms with Crippen molar-refractivity contribution < 1.29 is 0 Å². The van der Waals surface area contributed by atoms with Gasteiger partial charge in [0.2, 0.25) is 0 Å². The number of nitrogens with zero attached hydrogens (tertiary/aromatic N) is 3. The molecule has 1 N–H and O–H groups in total. The van der Waals surface area contributed by atoms with Crippen LogP contribution in [0.4, 0.5) is 5.82 Å². The van der Waals surface area contributed by atoms with Gasteiger partial charge in [0.05, 0.1) is 6.20 Å². The molecule has 0 spiro atoms. The highest BCUT2D eigenvalue weighted by atomic mass is 15.3. The lowest BCUT2D eigenvalue weighted by Crippen LogP contribution is -2.13. The molecule has 0 bridgehead atoms. The lowest BCUT2D eigenvalue weighted by molar-refractivity contribution is 0.851. The van der Waals surface area contributed by atoms with Crippen LogP contribution >= 0.6 is 0 Å². The van der Waals surface area contributed by atoms with E-state index in [-0.39, 0.29) is 0 Å². The molecule has 0 saturated carbocycles. The molecule has 0 saturated heterocycles. The van der Waals surface area contributed by atoms with Gasteiger partial charge in [0.1, 0.15) is 5.82 Å². The highest BCUT2D eigenvalue weighted by Gasteiger charge is 2.05. The zero-order valence-electron chi connectivity index (χ0n) is 8.65. The van der Waals surface area contributed by atoms with Crippen LogP contribution in [-0.4, -0.2) is 20.6 Å². The standard InChI is InChI=1S/C10H14N4/c1-7(2)13-9-4-5-11-10-8(3)6-12-14(9)10/h4-7,13H,1-3H3. The fourth-order valence-electron chi connectivity index (χ4n) is 1.41. The largest absolute Gasteiger partial charge is 0.368 e. The van der Waals surface area contributed by atoms with Crippen LogP contribution in [0.3, 0.4) is 0 Å². The van der Waals surface area contributed by atoms with E-state index >= 15 is 0 Å². The molecule has 14 heavy (non-hydrogen) atoms. The Bertz CT molecular complexity index is 444. The average molecular weight is 190 g/mol. The van der Waals surface area contributed by atoms with Gasteiger partial charge in [-0.05, 0) is 26.8 Å². The van der Waals surface area contributed by atoms with E-state index in [2.05, 4.69) is 29.2 Å². The Balaban J connectivity index is 2.54. The van der Waals surface area contributed by atoms with Gasteiger partial charge in [0, 0.05) is 17.8 Å². The summed E-state index contributed by atoms with van der Waals surface area (Å²) in [7, 11) is 0. The quantitative estimate of drug-likeness (QED) is 0.786. The van der Waals surface area contributed by atoms with Crippen molar-refractivity contribution in [2.75, 3.05) is 5.32 Å². The summed E-state index contributed by atoms with van der Waals surface area (Å²) in [6.45, 7) is 6.21. The van der Waals surface area contributed by atoms with Crippen LogP contribution in [-0.2, 0) is 0 Å². The third kappa shape index (κ3) is 1.43. The molecule has 0 atom stereocenters. The van der Waals surface area contributed by atoms with Crippen molar-refractivity contribution >= 4 is 11.5 Å². The number of fused-ring (bicyclic) bond motifs is 1. The number of hydrogen-bond acceptors (Lipinski definition) is 3. The van der Waals surface area contributed by atoms with Crippen LogP contribution in [0.5, 0.6) is 0 Å². The van der Waals surface area contributed by atoms with Crippen LogP contribution in [0.2, 0.25) is 0 Å². The highest BCUT2D eigenvalue weighted by Crippen LogP contribution is 2.12. The molecule has 0 aliphatic rings. The summed E-state index contributed by atoms with van der Waals surface area (Å²) in [4.78, 5) is 4.27. The van der Waals surface area contributed by atoms with Gasteiger partial charge in [0.25, 0.3) is 0 Å². The molecule has 0 unspecified atom stereocenters. The summed E-state index contributed by atoms with van der Waals surface area (Å²) in [5, 5.41) is 7.58. The molecule has 0 amide bonds. The minimum absolute atomic E-state index is 0.394. The molecule has 2 aromatic heterocycles. The van der Waals surface area contributed by atoms with Gasteiger partial charge in [0.15, 0.2) is 5.65 Å². The number of hydrogen-bond donors (Lipinski definition) is 1. The fourth-order valence-corrected chi connectivity index (χ4v) is 1.41. The summed E-state index contributed by atoms with van der Waals surface area (Å²) < 4.78 is 1.83. The monoisotopic (exact) mass is 190 g/mol. The third-order valence-electron chi connectivity index (χ3n) is 2.01. The molecule has 0 fully saturated rings. The van der Waals surface area contributed by atoms with Crippen LogP contribution < -0.4 is 5.32 Å². The fraction of sp³-hybridized carbons (Fsp3) is 0.400. The minimum Gasteiger partial charge on any atom is -0.368 e. The first kappa shape index (κ1) is 8.99. The van der Waals surface area contributed by atoms with Crippen molar-refractivity contribution in [1.82, 2.24) is 14.6 Å². The Morgan fingerprint density at radius 2 is 2.21 bits per heavy atom. The average Bonchev–Trinajstić information content (AvgIpc) is 2.49. The van der Waals surface area contributed by atoms with E-state index in [4.69, 9.17) is 0 Å². The van der Waals surface area contributed by atoms with E-state index in [0.29, 0.717) is 6.04 Å². The first-order valence-corrected chi connectivity index (χ1v) is 4.74. The van der Waals surface area contributed by atoms with Crippen molar-refractivity contribution in [1.29, 1.82) is 0 Å². The molecule has 4 nitrogen and oxygen atoms in total. The highest BCUT2D eigenvalue weighted by molar-refractivity contribution is 5.52. The van der Waals surface area contributed by atoms with Crippen molar-refractivity contribution in [3.8, 4) is 0 Å². The molecule has 0 aliphatic heterocycles. The van der Waals surface area contributed by atoms with E-state index in [1.54, 1.807) is 6.20 Å². The summed E-state index contributed by atoms with van der Waals surface area (Å²) in [5.41, 5.74) is 2.01. The van der Waals surface area contributed by atoms with Crippen LogP contribution in [0.25, 0.3) is 5.65 Å². The zero-order valence-corrected chi connectivity index (χ0v) is 8.65. The number of rotatable bonds is 2. The Kier molecular flexibility index (Phi) is 2.11. The normalized spacial score (nSPS) is 11.1. The maximum atomic E-state index is 4.27. The summed E-state index contributed by atoms with van der Waals surface area (Å²) in [6.07, 6.45) is 3.63. The van der Waals surface area contributed by atoms with Gasteiger partial charge < -0.3 is 5.32 Å². The van der Waals surface area contributed by atoms with Crippen LogP contribution in [0, 0.1) is 6.92 Å². The maximum Gasteiger partial charge on any atom is 0.160 e. The van der Waals surface area contributed by atoms with Crippen molar-refractivity contribution in [2.45, 2.75) is 26.8 Å². The smallest absolute Gasteiger partial charge is 0.160 e. The molecule has 0 aliphatic carbocycles. The van der Waals surface area contributed by atoms with Crippen LogP contribution in [0.15, 0.2) is 18.5 Å². The molecule has 4 heteroatoms. The summed E-state index contributed by atoms with van der Waals surface area (Å²) >= 11 is 0. The number of aromatic nitrogens is 3. The summed E-state index contributed by atoms with van der Waals surface area (Å²) in [5.74, 6) is 0.984.